The maximum atomic E-state index is 12.4. The Hall–Kier alpha value is -2.91. The molecular weight excluding hydrogens is 370 g/mol. The second kappa shape index (κ2) is 10.0. The molecule has 1 fully saturated rings. The van der Waals surface area contributed by atoms with E-state index in [0.29, 0.717) is 29.9 Å². The highest BCUT2D eigenvalue weighted by Gasteiger charge is 2.21. The Morgan fingerprint density at radius 1 is 1.28 bits per heavy atom. The third kappa shape index (κ3) is 6.03. The molecule has 3 rings (SSSR count). The standard InChI is InChI=1S/C20H29N7O2/c1-14-16(13-22-26-14)6-4-9-21-20(29)25-18-8-3-7-17(12-18)24-19(28)15(2)27-11-5-10-23-27/h3,5,7-8,10-12,14-16,22,26H,4,6,9,13H2,1-2H3,(H,24,28)(H2,21,25,29). The van der Waals surface area contributed by atoms with Crippen LogP contribution in [0.4, 0.5) is 16.2 Å². The molecule has 3 amide bonds. The van der Waals surface area contributed by atoms with E-state index in [0.717, 1.165) is 19.4 Å². The molecule has 3 unspecified atom stereocenters. The van der Waals surface area contributed by atoms with E-state index < -0.39 is 6.04 Å². The van der Waals surface area contributed by atoms with Gasteiger partial charge in [0, 0.05) is 42.9 Å². The predicted molar refractivity (Wildman–Crippen MR) is 112 cm³/mol. The number of aromatic nitrogens is 2. The fraction of sp³-hybridized carbons (Fsp3) is 0.450. The summed E-state index contributed by atoms with van der Waals surface area (Å²) in [6, 6.07) is 8.61. The van der Waals surface area contributed by atoms with Crippen molar-refractivity contribution in [1.82, 2.24) is 25.9 Å². The molecule has 1 aliphatic heterocycles. The van der Waals surface area contributed by atoms with Crippen molar-refractivity contribution in [3.8, 4) is 0 Å². The predicted octanol–water partition coefficient (Wildman–Crippen LogP) is 2.10. The van der Waals surface area contributed by atoms with Crippen LogP contribution in [0.25, 0.3) is 0 Å². The summed E-state index contributed by atoms with van der Waals surface area (Å²) in [6.07, 6.45) is 5.35. The molecular formula is C20H29N7O2. The summed E-state index contributed by atoms with van der Waals surface area (Å²) in [5.41, 5.74) is 7.58. The van der Waals surface area contributed by atoms with Crippen molar-refractivity contribution >= 4 is 23.3 Å². The summed E-state index contributed by atoms with van der Waals surface area (Å²) in [4.78, 5) is 24.5. The first-order valence-electron chi connectivity index (χ1n) is 9.96. The fourth-order valence-corrected chi connectivity index (χ4v) is 3.29. The van der Waals surface area contributed by atoms with Gasteiger partial charge in [0.1, 0.15) is 6.04 Å². The minimum Gasteiger partial charge on any atom is -0.338 e. The zero-order chi connectivity index (χ0) is 20.6. The molecule has 29 heavy (non-hydrogen) atoms. The molecule has 1 aromatic heterocycles. The Bertz CT molecular complexity index is 809. The largest absolute Gasteiger partial charge is 0.338 e. The maximum Gasteiger partial charge on any atom is 0.319 e. The van der Waals surface area contributed by atoms with Gasteiger partial charge in [-0.2, -0.15) is 5.10 Å². The summed E-state index contributed by atoms with van der Waals surface area (Å²) in [5.74, 6) is 0.407. The Morgan fingerprint density at radius 3 is 2.76 bits per heavy atom. The Morgan fingerprint density at radius 2 is 2.07 bits per heavy atom. The van der Waals surface area contributed by atoms with E-state index in [1.807, 2.05) is 0 Å². The molecule has 156 valence electrons. The van der Waals surface area contributed by atoms with Crippen LogP contribution >= 0.6 is 0 Å². The van der Waals surface area contributed by atoms with E-state index in [-0.39, 0.29) is 11.9 Å². The molecule has 0 bridgehead atoms. The van der Waals surface area contributed by atoms with Crippen LogP contribution in [0.2, 0.25) is 0 Å². The van der Waals surface area contributed by atoms with E-state index in [2.05, 4.69) is 38.8 Å². The Labute approximate surface area is 170 Å². The van der Waals surface area contributed by atoms with Gasteiger partial charge in [0.25, 0.3) is 0 Å². The van der Waals surface area contributed by atoms with Crippen LogP contribution in [-0.2, 0) is 4.79 Å². The van der Waals surface area contributed by atoms with Crippen LogP contribution in [-0.4, -0.2) is 40.9 Å². The molecule has 1 saturated heterocycles. The molecule has 0 saturated carbocycles. The normalized spacial score (nSPS) is 19.5. The quantitative estimate of drug-likeness (QED) is 0.437. The van der Waals surface area contributed by atoms with Crippen molar-refractivity contribution in [2.45, 2.75) is 38.8 Å². The van der Waals surface area contributed by atoms with Crippen LogP contribution in [0.5, 0.6) is 0 Å². The third-order valence-electron chi connectivity index (χ3n) is 5.13. The van der Waals surface area contributed by atoms with Crippen molar-refractivity contribution in [1.29, 1.82) is 0 Å². The average molecular weight is 399 g/mol. The number of carbonyl (C=O) groups excluding carboxylic acids is 2. The number of nitrogens with zero attached hydrogens (tertiary/aromatic N) is 2. The van der Waals surface area contributed by atoms with Gasteiger partial charge in [-0.1, -0.05) is 6.07 Å². The number of hydrogen-bond acceptors (Lipinski definition) is 5. The van der Waals surface area contributed by atoms with Crippen molar-refractivity contribution < 1.29 is 9.59 Å². The number of benzene rings is 1. The van der Waals surface area contributed by atoms with Gasteiger partial charge in [0.15, 0.2) is 0 Å². The molecule has 9 heteroatoms. The molecule has 0 spiro atoms. The number of hydrazine groups is 1. The topological polar surface area (TPSA) is 112 Å². The average Bonchev–Trinajstić information content (AvgIpc) is 3.37. The fourth-order valence-electron chi connectivity index (χ4n) is 3.29. The van der Waals surface area contributed by atoms with Gasteiger partial charge in [-0.15, -0.1) is 0 Å². The molecule has 1 aliphatic rings. The smallest absolute Gasteiger partial charge is 0.319 e. The summed E-state index contributed by atoms with van der Waals surface area (Å²) >= 11 is 0. The van der Waals surface area contributed by atoms with Gasteiger partial charge in [0.2, 0.25) is 5.91 Å². The first kappa shape index (κ1) is 20.8. The second-order valence-corrected chi connectivity index (χ2v) is 7.33. The first-order chi connectivity index (χ1) is 14.0. The van der Waals surface area contributed by atoms with Crippen molar-refractivity contribution in [3.05, 3.63) is 42.7 Å². The molecule has 5 N–H and O–H groups in total. The molecule has 0 aliphatic carbocycles. The highest BCUT2D eigenvalue weighted by molar-refractivity contribution is 5.95. The minimum absolute atomic E-state index is 0.180. The number of anilines is 2. The third-order valence-corrected chi connectivity index (χ3v) is 5.13. The monoisotopic (exact) mass is 399 g/mol. The zero-order valence-corrected chi connectivity index (χ0v) is 16.8. The highest BCUT2D eigenvalue weighted by Crippen LogP contribution is 2.17. The SMILES string of the molecule is CC1NNCC1CCCNC(=O)Nc1cccc(NC(=O)C(C)n2cccn2)c1. The lowest BCUT2D eigenvalue weighted by molar-refractivity contribution is -0.119. The van der Waals surface area contributed by atoms with E-state index >= 15 is 0 Å². The summed E-state index contributed by atoms with van der Waals surface area (Å²) < 4.78 is 1.59. The molecule has 0 radical (unpaired) electrons. The molecule has 3 atom stereocenters. The minimum atomic E-state index is -0.433. The molecule has 2 heterocycles. The van der Waals surface area contributed by atoms with Gasteiger partial charge >= 0.3 is 6.03 Å². The lowest BCUT2D eigenvalue weighted by Crippen LogP contribution is -2.31. The first-order valence-corrected chi connectivity index (χ1v) is 9.96. The second-order valence-electron chi connectivity index (χ2n) is 7.33. The summed E-state index contributed by atoms with van der Waals surface area (Å²) in [7, 11) is 0. The van der Waals surface area contributed by atoms with Crippen molar-refractivity contribution in [2.24, 2.45) is 5.92 Å². The van der Waals surface area contributed by atoms with Crippen molar-refractivity contribution in [3.63, 3.8) is 0 Å². The van der Waals surface area contributed by atoms with E-state index in [4.69, 9.17) is 0 Å². The van der Waals surface area contributed by atoms with Gasteiger partial charge in [-0.3, -0.25) is 20.3 Å². The van der Waals surface area contributed by atoms with Crippen molar-refractivity contribution in [2.75, 3.05) is 23.7 Å². The van der Waals surface area contributed by atoms with Crippen LogP contribution in [0.3, 0.4) is 0 Å². The Kier molecular flexibility index (Phi) is 7.20. The van der Waals surface area contributed by atoms with Crippen LogP contribution in [0, 0.1) is 5.92 Å². The summed E-state index contributed by atoms with van der Waals surface area (Å²) in [5, 5.41) is 12.6. The number of hydrogen-bond donors (Lipinski definition) is 5. The van der Waals surface area contributed by atoms with Crippen LogP contribution < -0.4 is 26.8 Å². The Balaban J connectivity index is 1.42. The van der Waals surface area contributed by atoms with Gasteiger partial charge < -0.3 is 16.0 Å². The summed E-state index contributed by atoms with van der Waals surface area (Å²) in [6.45, 7) is 5.51. The molecule has 2 aromatic rings. The maximum absolute atomic E-state index is 12.4. The van der Waals surface area contributed by atoms with E-state index in [1.54, 1.807) is 54.3 Å². The van der Waals surface area contributed by atoms with Gasteiger partial charge in [-0.25, -0.2) is 4.79 Å². The van der Waals surface area contributed by atoms with E-state index in [1.165, 1.54) is 0 Å². The highest BCUT2D eigenvalue weighted by atomic mass is 16.2. The number of carbonyl (C=O) groups is 2. The molecule has 1 aromatic carbocycles. The van der Waals surface area contributed by atoms with Gasteiger partial charge in [-0.05, 0) is 56.9 Å². The molecule has 9 nitrogen and oxygen atoms in total. The zero-order valence-electron chi connectivity index (χ0n) is 16.8. The van der Waals surface area contributed by atoms with Crippen LogP contribution in [0.1, 0.15) is 32.7 Å². The lowest BCUT2D eigenvalue weighted by Gasteiger charge is -2.14. The van der Waals surface area contributed by atoms with Crippen LogP contribution in [0.15, 0.2) is 42.7 Å². The van der Waals surface area contributed by atoms with Gasteiger partial charge in [0.05, 0.1) is 0 Å². The lowest BCUT2D eigenvalue weighted by atomic mass is 9.98. The number of rotatable bonds is 8. The number of amides is 3. The van der Waals surface area contributed by atoms with E-state index in [9.17, 15) is 9.59 Å². The number of nitrogens with one attached hydrogen (secondary N) is 5. The number of urea groups is 1.